The largest absolute Gasteiger partial charge is 0.454 e. The lowest BCUT2D eigenvalue weighted by Crippen LogP contribution is -2.46. The van der Waals surface area contributed by atoms with E-state index in [0.29, 0.717) is 4.88 Å². The molecule has 1 heterocycles. The quantitative estimate of drug-likeness (QED) is 0.681. The number of nitrogens with one attached hydrogen (secondary N) is 2. The Hall–Kier alpha value is -2.67. The number of ether oxygens (including phenoxy) is 1. The highest BCUT2D eigenvalue weighted by Gasteiger charge is 2.28. The average molecular weight is 415 g/mol. The van der Waals surface area contributed by atoms with Crippen LogP contribution in [0.1, 0.15) is 53.5 Å². The Bertz CT molecular complexity index is 863. The number of thiophene rings is 1. The molecule has 29 heavy (non-hydrogen) atoms. The van der Waals surface area contributed by atoms with Gasteiger partial charge in [0.2, 0.25) is 0 Å². The van der Waals surface area contributed by atoms with E-state index in [1.807, 2.05) is 32.0 Å². The van der Waals surface area contributed by atoms with E-state index >= 15 is 0 Å². The number of rotatable bonds is 7. The van der Waals surface area contributed by atoms with Crippen molar-refractivity contribution in [3.8, 4) is 0 Å². The van der Waals surface area contributed by atoms with E-state index in [2.05, 4.69) is 16.7 Å². The highest BCUT2D eigenvalue weighted by Crippen LogP contribution is 2.29. The van der Waals surface area contributed by atoms with Crippen molar-refractivity contribution in [1.82, 2.24) is 10.6 Å². The zero-order chi connectivity index (χ0) is 20.8. The standard InChI is InChI=1S/C22H26N2O4S/c1-14(2)20(24-21(26)18-11-6-12-29-18)22(27)28-13-19(25)23-17-10-5-8-15-7-3-4-9-16(15)17/h3-4,6-7,9,11-12,14,17,20H,5,8,10,13H2,1-2H3,(H,23,25)(H,24,26)/t17-,20+/m1/s1. The maximum absolute atomic E-state index is 12.5. The molecule has 0 fully saturated rings. The van der Waals surface area contributed by atoms with Crippen molar-refractivity contribution in [2.24, 2.45) is 5.92 Å². The molecule has 0 unspecified atom stereocenters. The molecule has 7 heteroatoms. The van der Waals surface area contributed by atoms with Crippen LogP contribution >= 0.6 is 11.3 Å². The van der Waals surface area contributed by atoms with Gasteiger partial charge in [-0.2, -0.15) is 0 Å². The second-order valence-corrected chi connectivity index (χ2v) is 8.44. The van der Waals surface area contributed by atoms with E-state index in [9.17, 15) is 14.4 Å². The summed E-state index contributed by atoms with van der Waals surface area (Å²) in [6.07, 6.45) is 2.88. The van der Waals surface area contributed by atoms with E-state index in [0.717, 1.165) is 24.8 Å². The van der Waals surface area contributed by atoms with Crippen molar-refractivity contribution in [3.05, 3.63) is 57.8 Å². The molecule has 2 atom stereocenters. The number of aryl methyl sites for hydroxylation is 1. The number of hydrogen-bond acceptors (Lipinski definition) is 5. The van der Waals surface area contributed by atoms with Crippen LogP contribution in [0.25, 0.3) is 0 Å². The van der Waals surface area contributed by atoms with Crippen LogP contribution < -0.4 is 10.6 Å². The Morgan fingerprint density at radius 1 is 1.17 bits per heavy atom. The summed E-state index contributed by atoms with van der Waals surface area (Å²) in [7, 11) is 0. The Labute approximate surface area is 174 Å². The monoisotopic (exact) mass is 414 g/mol. The van der Waals surface area contributed by atoms with E-state index in [1.165, 1.54) is 16.9 Å². The SMILES string of the molecule is CC(C)[C@H](NC(=O)c1cccs1)C(=O)OCC(=O)N[C@@H]1CCCc2ccccc21. The van der Waals surface area contributed by atoms with Gasteiger partial charge in [0, 0.05) is 0 Å². The van der Waals surface area contributed by atoms with E-state index in [-0.39, 0.29) is 30.4 Å². The number of fused-ring (bicyclic) bond motifs is 1. The fourth-order valence-electron chi connectivity index (χ4n) is 3.48. The first kappa shape index (κ1) is 21.0. The van der Waals surface area contributed by atoms with E-state index < -0.39 is 12.0 Å². The van der Waals surface area contributed by atoms with Crippen LogP contribution in [0.2, 0.25) is 0 Å². The number of carbonyl (C=O) groups excluding carboxylic acids is 3. The van der Waals surface area contributed by atoms with Crippen LogP contribution in [0.5, 0.6) is 0 Å². The minimum atomic E-state index is -0.812. The van der Waals surface area contributed by atoms with Crippen LogP contribution in [-0.4, -0.2) is 30.4 Å². The van der Waals surface area contributed by atoms with Gasteiger partial charge in [0.15, 0.2) is 6.61 Å². The number of amides is 2. The second kappa shape index (κ2) is 9.69. The molecule has 3 rings (SSSR count). The summed E-state index contributed by atoms with van der Waals surface area (Å²) in [6.45, 7) is 3.27. The summed E-state index contributed by atoms with van der Waals surface area (Å²) in [5.41, 5.74) is 2.37. The third-order valence-electron chi connectivity index (χ3n) is 5.00. The maximum atomic E-state index is 12.5. The lowest BCUT2D eigenvalue weighted by atomic mass is 9.88. The van der Waals surface area contributed by atoms with Gasteiger partial charge in [0.25, 0.3) is 11.8 Å². The zero-order valence-corrected chi connectivity index (χ0v) is 17.5. The number of hydrogen-bond donors (Lipinski definition) is 2. The molecule has 0 saturated carbocycles. The van der Waals surface area contributed by atoms with Crippen molar-refractivity contribution >= 4 is 29.1 Å². The molecule has 0 spiro atoms. The molecular formula is C22H26N2O4S. The lowest BCUT2D eigenvalue weighted by Gasteiger charge is -2.26. The molecule has 2 N–H and O–H groups in total. The number of esters is 1. The van der Waals surface area contributed by atoms with Crippen LogP contribution in [-0.2, 0) is 20.7 Å². The highest BCUT2D eigenvalue weighted by atomic mass is 32.1. The number of carbonyl (C=O) groups is 3. The van der Waals surface area contributed by atoms with E-state index in [4.69, 9.17) is 4.74 Å². The lowest BCUT2D eigenvalue weighted by molar-refractivity contribution is -0.151. The summed E-state index contributed by atoms with van der Waals surface area (Å²) < 4.78 is 5.21. The van der Waals surface area contributed by atoms with Gasteiger partial charge in [-0.25, -0.2) is 4.79 Å². The smallest absolute Gasteiger partial charge is 0.329 e. The predicted molar refractivity (Wildman–Crippen MR) is 112 cm³/mol. The summed E-state index contributed by atoms with van der Waals surface area (Å²) in [6, 6.07) is 10.7. The zero-order valence-electron chi connectivity index (χ0n) is 16.6. The molecule has 154 valence electrons. The minimum absolute atomic E-state index is 0.0643. The predicted octanol–water partition coefficient (Wildman–Crippen LogP) is 3.24. The highest BCUT2D eigenvalue weighted by molar-refractivity contribution is 7.12. The van der Waals surface area contributed by atoms with Gasteiger partial charge in [-0.3, -0.25) is 9.59 Å². The van der Waals surface area contributed by atoms with Crippen molar-refractivity contribution in [2.75, 3.05) is 6.61 Å². The van der Waals surface area contributed by atoms with Gasteiger partial charge in [-0.1, -0.05) is 44.2 Å². The molecule has 0 bridgehead atoms. The first-order chi connectivity index (χ1) is 14.0. The Balaban J connectivity index is 1.53. The van der Waals surface area contributed by atoms with E-state index in [1.54, 1.807) is 17.5 Å². The molecule has 1 aromatic carbocycles. The van der Waals surface area contributed by atoms with Crippen LogP contribution in [0.15, 0.2) is 41.8 Å². The maximum Gasteiger partial charge on any atom is 0.329 e. The molecule has 2 aromatic rings. The summed E-state index contributed by atoms with van der Waals surface area (Å²) in [5.74, 6) is -1.44. The summed E-state index contributed by atoms with van der Waals surface area (Å²) >= 11 is 1.30. The molecule has 2 amide bonds. The first-order valence-electron chi connectivity index (χ1n) is 9.84. The fraction of sp³-hybridized carbons (Fsp3) is 0.409. The third-order valence-corrected chi connectivity index (χ3v) is 5.87. The minimum Gasteiger partial charge on any atom is -0.454 e. The Morgan fingerprint density at radius 3 is 2.69 bits per heavy atom. The van der Waals surface area contributed by atoms with Crippen LogP contribution in [0.4, 0.5) is 0 Å². The normalized spacial score (nSPS) is 16.6. The van der Waals surface area contributed by atoms with Gasteiger partial charge in [-0.05, 0) is 47.8 Å². The van der Waals surface area contributed by atoms with Crippen molar-refractivity contribution < 1.29 is 19.1 Å². The molecular weight excluding hydrogens is 388 g/mol. The van der Waals surface area contributed by atoms with Crippen LogP contribution in [0.3, 0.4) is 0 Å². The summed E-state index contributed by atoms with van der Waals surface area (Å²) in [4.78, 5) is 37.6. The Kier molecular flexibility index (Phi) is 7.04. The van der Waals surface area contributed by atoms with Gasteiger partial charge < -0.3 is 15.4 Å². The molecule has 0 radical (unpaired) electrons. The van der Waals surface area contributed by atoms with Gasteiger partial charge in [0.1, 0.15) is 6.04 Å². The Morgan fingerprint density at radius 2 is 1.97 bits per heavy atom. The van der Waals surface area contributed by atoms with Crippen molar-refractivity contribution in [1.29, 1.82) is 0 Å². The molecule has 1 aromatic heterocycles. The molecule has 1 aliphatic rings. The van der Waals surface area contributed by atoms with Gasteiger partial charge in [-0.15, -0.1) is 11.3 Å². The summed E-state index contributed by atoms with van der Waals surface area (Å²) in [5, 5.41) is 7.46. The van der Waals surface area contributed by atoms with Gasteiger partial charge >= 0.3 is 5.97 Å². The fourth-order valence-corrected chi connectivity index (χ4v) is 4.11. The van der Waals surface area contributed by atoms with Gasteiger partial charge in [0.05, 0.1) is 10.9 Å². The molecule has 0 saturated heterocycles. The first-order valence-corrected chi connectivity index (χ1v) is 10.7. The van der Waals surface area contributed by atoms with Crippen molar-refractivity contribution in [2.45, 2.75) is 45.2 Å². The third kappa shape index (κ3) is 5.44. The van der Waals surface area contributed by atoms with Crippen LogP contribution in [0, 0.1) is 5.92 Å². The molecule has 0 aliphatic heterocycles. The second-order valence-electron chi connectivity index (χ2n) is 7.49. The topological polar surface area (TPSA) is 84.5 Å². The average Bonchev–Trinajstić information content (AvgIpc) is 3.25. The molecule has 1 aliphatic carbocycles. The number of benzene rings is 1. The van der Waals surface area contributed by atoms with Crippen molar-refractivity contribution in [3.63, 3.8) is 0 Å². The molecule has 6 nitrogen and oxygen atoms in total.